The van der Waals surface area contributed by atoms with E-state index in [-0.39, 0.29) is 24.3 Å². The van der Waals surface area contributed by atoms with Gasteiger partial charge in [0.15, 0.2) is 0 Å². The maximum Gasteiger partial charge on any atom is 0.312 e. The Morgan fingerprint density at radius 2 is 1.81 bits per heavy atom. The summed E-state index contributed by atoms with van der Waals surface area (Å²) in [6, 6.07) is 9.01. The Kier molecular flexibility index (Phi) is 6.92. The fraction of sp³-hybridized carbons (Fsp3) is 0.529. The zero-order chi connectivity index (χ0) is 15.8. The van der Waals surface area contributed by atoms with Crippen molar-refractivity contribution in [2.24, 2.45) is 11.8 Å². The summed E-state index contributed by atoms with van der Waals surface area (Å²) in [6.45, 7) is 6.22. The van der Waals surface area contributed by atoms with Crippen LogP contribution in [0.3, 0.4) is 0 Å². The molecule has 2 unspecified atom stereocenters. The molecule has 1 rings (SSSR count). The van der Waals surface area contributed by atoms with E-state index < -0.39 is 11.9 Å². The summed E-state index contributed by atoms with van der Waals surface area (Å²) in [5.74, 6) is -1.47. The van der Waals surface area contributed by atoms with E-state index in [1.54, 1.807) is 24.3 Å². The van der Waals surface area contributed by atoms with Gasteiger partial charge in [-0.1, -0.05) is 57.5 Å². The fourth-order valence-corrected chi connectivity index (χ4v) is 2.45. The molecule has 0 aromatic heterocycles. The lowest BCUT2D eigenvalue weighted by Gasteiger charge is -2.21. The van der Waals surface area contributed by atoms with Crippen LogP contribution in [0.15, 0.2) is 30.3 Å². The Labute approximate surface area is 126 Å². The van der Waals surface area contributed by atoms with E-state index in [0.717, 1.165) is 12.8 Å². The minimum absolute atomic E-state index is 0.0472. The third-order valence-electron chi connectivity index (χ3n) is 3.72. The highest BCUT2D eigenvalue weighted by molar-refractivity contribution is 5.81. The smallest absolute Gasteiger partial charge is 0.312 e. The van der Waals surface area contributed by atoms with Crippen LogP contribution in [0.5, 0.6) is 0 Å². The lowest BCUT2D eigenvalue weighted by molar-refractivity contribution is -0.138. The van der Waals surface area contributed by atoms with Gasteiger partial charge in [-0.25, -0.2) is 0 Å². The van der Waals surface area contributed by atoms with E-state index in [0.29, 0.717) is 5.56 Å². The highest BCUT2D eigenvalue weighted by Gasteiger charge is 2.24. The summed E-state index contributed by atoms with van der Waals surface area (Å²) in [4.78, 5) is 23.6. The molecule has 0 saturated carbocycles. The van der Waals surface area contributed by atoms with Gasteiger partial charge in [-0.3, -0.25) is 9.59 Å². The Hall–Kier alpha value is -1.84. The van der Waals surface area contributed by atoms with Crippen molar-refractivity contribution in [3.63, 3.8) is 0 Å². The van der Waals surface area contributed by atoms with Crippen molar-refractivity contribution in [3.05, 3.63) is 35.9 Å². The van der Waals surface area contributed by atoms with Crippen molar-refractivity contribution in [1.82, 2.24) is 5.32 Å². The van der Waals surface area contributed by atoms with E-state index in [2.05, 4.69) is 5.32 Å². The second kappa shape index (κ2) is 8.45. The van der Waals surface area contributed by atoms with Crippen LogP contribution >= 0.6 is 0 Å². The van der Waals surface area contributed by atoms with Gasteiger partial charge in [0.1, 0.15) is 0 Å². The predicted molar refractivity (Wildman–Crippen MR) is 83.1 cm³/mol. The van der Waals surface area contributed by atoms with Gasteiger partial charge in [-0.2, -0.15) is 0 Å². The van der Waals surface area contributed by atoms with Crippen LogP contribution in [0.4, 0.5) is 0 Å². The van der Waals surface area contributed by atoms with Crippen molar-refractivity contribution >= 4 is 11.9 Å². The topological polar surface area (TPSA) is 66.4 Å². The molecule has 4 nitrogen and oxygen atoms in total. The first-order valence-electron chi connectivity index (χ1n) is 7.52. The third-order valence-corrected chi connectivity index (χ3v) is 3.72. The number of rotatable bonds is 8. The standard InChI is InChI=1S/C17H25NO3/c1-4-8-14(12(2)3)16(19)18-11-15(17(20)21)13-9-6-5-7-10-13/h5-7,9-10,12,14-15H,4,8,11H2,1-3H3,(H,18,19)(H,20,21). The quantitative estimate of drug-likeness (QED) is 0.773. The molecule has 1 amide bonds. The first-order chi connectivity index (χ1) is 9.97. The second-order valence-electron chi connectivity index (χ2n) is 5.69. The Morgan fingerprint density at radius 1 is 1.19 bits per heavy atom. The SMILES string of the molecule is CCCC(C(=O)NCC(C(=O)O)c1ccccc1)C(C)C. The van der Waals surface area contributed by atoms with Crippen molar-refractivity contribution in [3.8, 4) is 0 Å². The van der Waals surface area contributed by atoms with E-state index in [4.69, 9.17) is 0 Å². The molecule has 2 atom stereocenters. The largest absolute Gasteiger partial charge is 0.481 e. The molecule has 0 fully saturated rings. The first-order valence-corrected chi connectivity index (χ1v) is 7.52. The Balaban J connectivity index is 2.69. The van der Waals surface area contributed by atoms with E-state index in [1.165, 1.54) is 0 Å². The van der Waals surface area contributed by atoms with E-state index in [1.807, 2.05) is 26.8 Å². The lowest BCUT2D eigenvalue weighted by Crippen LogP contribution is -2.37. The summed E-state index contributed by atoms with van der Waals surface area (Å²) in [7, 11) is 0. The molecule has 0 bridgehead atoms. The normalized spacial score (nSPS) is 13.7. The van der Waals surface area contributed by atoms with Crippen LogP contribution in [-0.2, 0) is 9.59 Å². The number of hydrogen-bond acceptors (Lipinski definition) is 2. The number of hydrogen-bond donors (Lipinski definition) is 2. The molecule has 0 aliphatic carbocycles. The molecule has 4 heteroatoms. The summed E-state index contributed by atoms with van der Waals surface area (Å²) in [5, 5.41) is 12.1. The van der Waals surface area contributed by atoms with Crippen molar-refractivity contribution in [2.75, 3.05) is 6.54 Å². The zero-order valence-corrected chi connectivity index (χ0v) is 13.0. The first kappa shape index (κ1) is 17.2. The van der Waals surface area contributed by atoms with Crippen LogP contribution < -0.4 is 5.32 Å². The van der Waals surface area contributed by atoms with Gasteiger partial charge in [0, 0.05) is 12.5 Å². The molecule has 0 saturated heterocycles. The molecule has 0 spiro atoms. The summed E-state index contributed by atoms with van der Waals surface area (Å²) < 4.78 is 0. The molecule has 0 aliphatic rings. The molecule has 21 heavy (non-hydrogen) atoms. The zero-order valence-electron chi connectivity index (χ0n) is 13.0. The Morgan fingerprint density at radius 3 is 2.29 bits per heavy atom. The number of carboxylic acid groups (broad SMARTS) is 1. The van der Waals surface area contributed by atoms with E-state index >= 15 is 0 Å². The average molecular weight is 291 g/mol. The molecule has 116 valence electrons. The summed E-state index contributed by atoms with van der Waals surface area (Å²) in [5.41, 5.74) is 0.710. The van der Waals surface area contributed by atoms with Crippen LogP contribution in [0.25, 0.3) is 0 Å². The predicted octanol–water partition coefficient (Wildman–Crippen LogP) is 3.04. The maximum atomic E-state index is 12.2. The molecule has 0 aliphatic heterocycles. The number of carbonyl (C=O) groups is 2. The number of benzene rings is 1. The van der Waals surface area contributed by atoms with Crippen LogP contribution in [0.1, 0.15) is 45.1 Å². The minimum Gasteiger partial charge on any atom is -0.481 e. The van der Waals surface area contributed by atoms with Crippen molar-refractivity contribution in [2.45, 2.75) is 39.5 Å². The fourth-order valence-electron chi connectivity index (χ4n) is 2.45. The van der Waals surface area contributed by atoms with Gasteiger partial charge in [0.25, 0.3) is 0 Å². The number of aliphatic carboxylic acids is 1. The molecular formula is C17H25NO3. The monoisotopic (exact) mass is 291 g/mol. The van der Waals surface area contributed by atoms with Gasteiger partial charge < -0.3 is 10.4 Å². The van der Waals surface area contributed by atoms with Gasteiger partial charge in [-0.05, 0) is 17.9 Å². The second-order valence-corrected chi connectivity index (χ2v) is 5.69. The van der Waals surface area contributed by atoms with Gasteiger partial charge in [-0.15, -0.1) is 0 Å². The molecule has 1 aromatic carbocycles. The van der Waals surface area contributed by atoms with E-state index in [9.17, 15) is 14.7 Å². The highest BCUT2D eigenvalue weighted by atomic mass is 16.4. The lowest BCUT2D eigenvalue weighted by atomic mass is 9.90. The molecule has 0 heterocycles. The van der Waals surface area contributed by atoms with Crippen LogP contribution in [-0.4, -0.2) is 23.5 Å². The Bertz CT molecular complexity index is 456. The number of nitrogens with one attached hydrogen (secondary N) is 1. The number of amides is 1. The van der Waals surface area contributed by atoms with Gasteiger partial charge in [0.2, 0.25) is 5.91 Å². The van der Waals surface area contributed by atoms with Gasteiger partial charge >= 0.3 is 5.97 Å². The number of carbonyl (C=O) groups excluding carboxylic acids is 1. The van der Waals surface area contributed by atoms with Gasteiger partial charge in [0.05, 0.1) is 5.92 Å². The molecule has 1 aromatic rings. The molecular weight excluding hydrogens is 266 g/mol. The van der Waals surface area contributed by atoms with Crippen LogP contribution in [0, 0.1) is 11.8 Å². The minimum atomic E-state index is -0.918. The van der Waals surface area contributed by atoms with Crippen LogP contribution in [0.2, 0.25) is 0 Å². The number of carboxylic acids is 1. The molecule has 0 radical (unpaired) electrons. The summed E-state index contributed by atoms with van der Waals surface area (Å²) >= 11 is 0. The average Bonchev–Trinajstić information content (AvgIpc) is 2.45. The van der Waals surface area contributed by atoms with Crippen molar-refractivity contribution in [1.29, 1.82) is 0 Å². The molecule has 2 N–H and O–H groups in total. The summed E-state index contributed by atoms with van der Waals surface area (Å²) in [6.07, 6.45) is 1.77. The maximum absolute atomic E-state index is 12.2. The third kappa shape index (κ3) is 5.21. The van der Waals surface area contributed by atoms with Crippen molar-refractivity contribution < 1.29 is 14.7 Å². The highest BCUT2D eigenvalue weighted by Crippen LogP contribution is 2.19.